The maximum atomic E-state index is 13.7. The number of carbonyl (C=O) groups is 2. The fraction of sp³-hybridized carbons (Fsp3) is 0.158. The lowest BCUT2D eigenvalue weighted by molar-refractivity contribution is -0.117. The zero-order valence-corrected chi connectivity index (χ0v) is 15.9. The van der Waals surface area contributed by atoms with E-state index in [1.165, 1.54) is 36.5 Å². The Labute approximate surface area is 164 Å². The molecule has 7 nitrogen and oxygen atoms in total. The molecule has 28 heavy (non-hydrogen) atoms. The molecule has 0 saturated heterocycles. The molecule has 0 bridgehead atoms. The van der Waals surface area contributed by atoms with Crippen molar-refractivity contribution in [2.45, 2.75) is 13.0 Å². The van der Waals surface area contributed by atoms with E-state index in [0.29, 0.717) is 10.8 Å². The van der Waals surface area contributed by atoms with Gasteiger partial charge in [0.05, 0.1) is 12.7 Å². The molecule has 2 amide bonds. The van der Waals surface area contributed by atoms with Gasteiger partial charge < -0.3 is 10.1 Å². The number of rotatable bonds is 6. The second-order valence-corrected chi connectivity index (χ2v) is 6.79. The molecule has 0 unspecified atom stereocenters. The van der Waals surface area contributed by atoms with E-state index < -0.39 is 23.7 Å². The molecule has 0 saturated carbocycles. The smallest absolute Gasteiger partial charge is 0.254 e. The van der Waals surface area contributed by atoms with E-state index in [4.69, 9.17) is 4.74 Å². The van der Waals surface area contributed by atoms with Gasteiger partial charge >= 0.3 is 0 Å². The number of benzene rings is 2. The van der Waals surface area contributed by atoms with E-state index in [0.717, 1.165) is 5.56 Å². The lowest BCUT2D eigenvalue weighted by atomic mass is 10.2. The first-order valence-corrected chi connectivity index (χ1v) is 9.13. The maximum absolute atomic E-state index is 13.7. The number of amides is 2. The van der Waals surface area contributed by atoms with Crippen LogP contribution in [0.1, 0.15) is 17.3 Å². The summed E-state index contributed by atoms with van der Waals surface area (Å²) in [4.78, 5) is 24.4. The Bertz CT molecular complexity index is 1010. The Morgan fingerprint density at radius 3 is 2.68 bits per heavy atom. The van der Waals surface area contributed by atoms with Crippen molar-refractivity contribution in [2.75, 3.05) is 12.4 Å². The SMILES string of the molecule is COc1cccc(-c2nnc(NC(=O)[C@H](C)NC(=O)c3ccccc3F)s2)c1. The molecule has 3 aromatic rings. The highest BCUT2D eigenvalue weighted by atomic mass is 32.1. The van der Waals surface area contributed by atoms with E-state index in [1.807, 2.05) is 24.3 Å². The minimum atomic E-state index is -0.892. The first kappa shape index (κ1) is 19.4. The molecular formula is C19H17FN4O3S. The van der Waals surface area contributed by atoms with Gasteiger partial charge in [-0.25, -0.2) is 4.39 Å². The molecule has 2 aromatic carbocycles. The van der Waals surface area contributed by atoms with Crippen LogP contribution in [-0.4, -0.2) is 35.2 Å². The molecular weight excluding hydrogens is 383 g/mol. The lowest BCUT2D eigenvalue weighted by Crippen LogP contribution is -2.41. The van der Waals surface area contributed by atoms with E-state index in [1.54, 1.807) is 13.2 Å². The molecule has 1 heterocycles. The highest BCUT2D eigenvalue weighted by Crippen LogP contribution is 2.28. The van der Waals surface area contributed by atoms with E-state index in [9.17, 15) is 14.0 Å². The average molecular weight is 400 g/mol. The Morgan fingerprint density at radius 2 is 1.93 bits per heavy atom. The summed E-state index contributed by atoms with van der Waals surface area (Å²) in [6.07, 6.45) is 0. The van der Waals surface area contributed by atoms with Crippen LogP contribution < -0.4 is 15.4 Å². The summed E-state index contributed by atoms with van der Waals surface area (Å²) in [7, 11) is 1.57. The van der Waals surface area contributed by atoms with Gasteiger partial charge in [0.25, 0.3) is 5.91 Å². The van der Waals surface area contributed by atoms with Crippen LogP contribution in [0.4, 0.5) is 9.52 Å². The minimum absolute atomic E-state index is 0.127. The number of methoxy groups -OCH3 is 1. The van der Waals surface area contributed by atoms with Gasteiger partial charge in [-0.1, -0.05) is 35.6 Å². The normalized spacial score (nSPS) is 11.5. The summed E-state index contributed by atoms with van der Waals surface area (Å²) in [5, 5.41) is 14.0. The Morgan fingerprint density at radius 1 is 1.14 bits per heavy atom. The molecule has 2 N–H and O–H groups in total. The highest BCUT2D eigenvalue weighted by molar-refractivity contribution is 7.18. The van der Waals surface area contributed by atoms with Crippen molar-refractivity contribution < 1.29 is 18.7 Å². The van der Waals surface area contributed by atoms with Gasteiger partial charge in [0.1, 0.15) is 22.6 Å². The first-order valence-electron chi connectivity index (χ1n) is 8.32. The van der Waals surface area contributed by atoms with Gasteiger partial charge in [-0.2, -0.15) is 0 Å². The van der Waals surface area contributed by atoms with Gasteiger partial charge in [-0.3, -0.25) is 14.9 Å². The summed E-state index contributed by atoms with van der Waals surface area (Å²) in [6.45, 7) is 1.50. The van der Waals surface area contributed by atoms with Crippen LogP contribution in [0, 0.1) is 5.82 Å². The average Bonchev–Trinajstić information content (AvgIpc) is 3.16. The number of nitrogens with one attached hydrogen (secondary N) is 2. The number of ether oxygens (including phenoxy) is 1. The Balaban J connectivity index is 1.64. The number of nitrogens with zero attached hydrogens (tertiary/aromatic N) is 2. The summed E-state index contributed by atoms with van der Waals surface area (Å²) in [6, 6.07) is 12.0. The Hall–Kier alpha value is -3.33. The standard InChI is InChI=1S/C19H17FN4O3S/c1-11(21-17(26)14-8-3-4-9-15(14)20)16(25)22-19-24-23-18(28-19)12-6-5-7-13(10-12)27-2/h3-11H,1-2H3,(H,21,26)(H,22,24,25)/t11-/m0/s1. The molecule has 144 valence electrons. The van der Waals surface area contributed by atoms with Crippen LogP contribution in [0.3, 0.4) is 0 Å². The molecule has 1 atom stereocenters. The van der Waals surface area contributed by atoms with Crippen molar-refractivity contribution in [1.82, 2.24) is 15.5 Å². The molecule has 3 rings (SSSR count). The van der Waals surface area contributed by atoms with Crippen molar-refractivity contribution in [2.24, 2.45) is 0 Å². The van der Waals surface area contributed by atoms with Crippen LogP contribution in [0.25, 0.3) is 10.6 Å². The molecule has 0 aliphatic heterocycles. The topological polar surface area (TPSA) is 93.2 Å². The maximum Gasteiger partial charge on any atom is 0.254 e. The van der Waals surface area contributed by atoms with Crippen LogP contribution in [0.15, 0.2) is 48.5 Å². The zero-order chi connectivity index (χ0) is 20.1. The summed E-state index contributed by atoms with van der Waals surface area (Å²) >= 11 is 1.19. The molecule has 9 heteroatoms. The van der Waals surface area contributed by atoms with Crippen LogP contribution in [0.5, 0.6) is 5.75 Å². The predicted molar refractivity (Wildman–Crippen MR) is 104 cm³/mol. The third-order valence-electron chi connectivity index (χ3n) is 3.83. The van der Waals surface area contributed by atoms with Gasteiger partial charge in [0.2, 0.25) is 11.0 Å². The number of aromatic nitrogens is 2. The van der Waals surface area contributed by atoms with E-state index in [2.05, 4.69) is 20.8 Å². The summed E-state index contributed by atoms with van der Waals surface area (Å²) in [5.74, 6) is -1.13. The molecule has 0 spiro atoms. The summed E-state index contributed by atoms with van der Waals surface area (Å²) < 4.78 is 18.9. The fourth-order valence-electron chi connectivity index (χ4n) is 2.35. The third-order valence-corrected chi connectivity index (χ3v) is 4.72. The van der Waals surface area contributed by atoms with Gasteiger partial charge in [-0.15, -0.1) is 10.2 Å². The fourth-order valence-corrected chi connectivity index (χ4v) is 3.09. The van der Waals surface area contributed by atoms with Crippen LogP contribution in [0.2, 0.25) is 0 Å². The van der Waals surface area contributed by atoms with E-state index >= 15 is 0 Å². The number of hydrogen-bond acceptors (Lipinski definition) is 6. The lowest BCUT2D eigenvalue weighted by Gasteiger charge is -2.13. The Kier molecular flexibility index (Phi) is 5.95. The number of carbonyl (C=O) groups excluding carboxylic acids is 2. The number of anilines is 1. The van der Waals surface area contributed by atoms with Crippen molar-refractivity contribution in [3.05, 3.63) is 59.9 Å². The second kappa shape index (κ2) is 8.57. The molecule has 0 fully saturated rings. The van der Waals surface area contributed by atoms with Crippen molar-refractivity contribution in [3.63, 3.8) is 0 Å². The molecule has 0 aliphatic carbocycles. The highest BCUT2D eigenvalue weighted by Gasteiger charge is 2.20. The van der Waals surface area contributed by atoms with Crippen LogP contribution in [-0.2, 0) is 4.79 Å². The van der Waals surface area contributed by atoms with Crippen molar-refractivity contribution in [1.29, 1.82) is 0 Å². The zero-order valence-electron chi connectivity index (χ0n) is 15.1. The summed E-state index contributed by atoms with van der Waals surface area (Å²) in [5.41, 5.74) is 0.677. The second-order valence-electron chi connectivity index (χ2n) is 5.81. The minimum Gasteiger partial charge on any atom is -0.497 e. The monoisotopic (exact) mass is 400 g/mol. The first-order chi connectivity index (χ1) is 13.5. The largest absolute Gasteiger partial charge is 0.497 e. The molecule has 1 aromatic heterocycles. The number of halogens is 1. The van der Waals surface area contributed by atoms with Crippen molar-refractivity contribution in [3.8, 4) is 16.3 Å². The molecule has 0 aliphatic rings. The van der Waals surface area contributed by atoms with Crippen molar-refractivity contribution >= 4 is 28.3 Å². The number of hydrogen-bond donors (Lipinski definition) is 2. The quantitative estimate of drug-likeness (QED) is 0.663. The predicted octanol–water partition coefficient (Wildman–Crippen LogP) is 3.11. The van der Waals surface area contributed by atoms with Crippen LogP contribution >= 0.6 is 11.3 Å². The molecule has 0 radical (unpaired) electrons. The van der Waals surface area contributed by atoms with Gasteiger partial charge in [-0.05, 0) is 31.2 Å². The van der Waals surface area contributed by atoms with Gasteiger partial charge in [0, 0.05) is 5.56 Å². The third kappa shape index (κ3) is 4.49. The van der Waals surface area contributed by atoms with E-state index in [-0.39, 0.29) is 10.7 Å². The van der Waals surface area contributed by atoms with Gasteiger partial charge in [0.15, 0.2) is 0 Å².